The van der Waals surface area contributed by atoms with Crippen LogP contribution in [0.1, 0.15) is 77.0 Å². The molecule has 2 aliphatic carbocycles. The molecule has 27 heavy (non-hydrogen) atoms. The van der Waals surface area contributed by atoms with Gasteiger partial charge in [-0.25, -0.2) is 0 Å². The normalized spacial score (nSPS) is 19.0. The molecule has 0 spiro atoms. The van der Waals surface area contributed by atoms with E-state index in [4.69, 9.17) is 4.99 Å². The van der Waals surface area contributed by atoms with Gasteiger partial charge in [0.15, 0.2) is 5.96 Å². The van der Waals surface area contributed by atoms with Gasteiger partial charge >= 0.3 is 0 Å². The van der Waals surface area contributed by atoms with E-state index in [-0.39, 0.29) is 0 Å². The second-order valence-electron chi connectivity index (χ2n) is 7.79. The third kappa shape index (κ3) is 6.67. The highest BCUT2D eigenvalue weighted by atomic mass is 15.3. The van der Waals surface area contributed by atoms with Crippen LogP contribution in [0, 0.1) is 0 Å². The van der Waals surface area contributed by atoms with Crippen LogP contribution in [0.5, 0.6) is 0 Å². The number of nitrogens with one attached hydrogen (secondary N) is 2. The van der Waals surface area contributed by atoms with Gasteiger partial charge < -0.3 is 15.2 Å². The fourth-order valence-corrected chi connectivity index (χ4v) is 4.07. The van der Waals surface area contributed by atoms with Crippen molar-refractivity contribution >= 4 is 5.96 Å². The Morgan fingerprint density at radius 1 is 1.22 bits per heavy atom. The first kappa shape index (κ1) is 19.9. The van der Waals surface area contributed by atoms with Crippen molar-refractivity contribution in [2.45, 2.75) is 90.1 Å². The Bertz CT molecular complexity index is 612. The number of guanidine groups is 1. The van der Waals surface area contributed by atoms with Gasteiger partial charge in [0.2, 0.25) is 0 Å². The molecule has 0 amide bonds. The van der Waals surface area contributed by atoms with E-state index in [1.165, 1.54) is 57.8 Å². The summed E-state index contributed by atoms with van der Waals surface area (Å²) < 4.78 is 2.12. The number of nitrogens with zero attached hydrogens (tertiary/aromatic N) is 4. The summed E-state index contributed by atoms with van der Waals surface area (Å²) in [7, 11) is 0. The highest BCUT2D eigenvalue weighted by Crippen LogP contribution is 2.20. The zero-order chi connectivity index (χ0) is 18.7. The summed E-state index contributed by atoms with van der Waals surface area (Å²) in [6, 6.07) is 0.569. The molecule has 1 heterocycles. The van der Waals surface area contributed by atoms with Gasteiger partial charge in [0.05, 0.1) is 0 Å². The molecule has 0 aliphatic heterocycles. The minimum atomic E-state index is 0.569. The third-order valence-corrected chi connectivity index (χ3v) is 5.69. The molecule has 1 aromatic rings. The van der Waals surface area contributed by atoms with E-state index >= 15 is 0 Å². The summed E-state index contributed by atoms with van der Waals surface area (Å²) in [6.45, 7) is 4.70. The number of allylic oxidation sites excluding steroid dienone is 1. The lowest BCUT2D eigenvalue weighted by atomic mass is 9.96. The Morgan fingerprint density at radius 3 is 2.89 bits per heavy atom. The van der Waals surface area contributed by atoms with Crippen LogP contribution < -0.4 is 10.6 Å². The van der Waals surface area contributed by atoms with Crippen molar-refractivity contribution in [1.82, 2.24) is 25.4 Å². The molecule has 6 nitrogen and oxygen atoms in total. The number of hydrogen-bond donors (Lipinski definition) is 2. The van der Waals surface area contributed by atoms with Crippen LogP contribution in [0.4, 0.5) is 0 Å². The molecule has 2 aliphatic rings. The molecule has 1 aromatic heterocycles. The number of hydrogen-bond acceptors (Lipinski definition) is 3. The minimum Gasteiger partial charge on any atom is -0.355 e. The van der Waals surface area contributed by atoms with E-state index in [1.54, 1.807) is 5.57 Å². The van der Waals surface area contributed by atoms with Gasteiger partial charge in [0.25, 0.3) is 0 Å². The molecule has 2 N–H and O–H groups in total. The third-order valence-electron chi connectivity index (χ3n) is 5.69. The predicted molar refractivity (Wildman–Crippen MR) is 111 cm³/mol. The Balaban J connectivity index is 1.51. The van der Waals surface area contributed by atoms with E-state index in [1.807, 2.05) is 6.33 Å². The molecule has 1 saturated carbocycles. The lowest BCUT2D eigenvalue weighted by molar-refractivity contribution is 0.409. The first-order valence-electron chi connectivity index (χ1n) is 10.9. The lowest BCUT2D eigenvalue weighted by Crippen LogP contribution is -2.45. The van der Waals surface area contributed by atoms with Crippen molar-refractivity contribution in [3.63, 3.8) is 0 Å². The lowest BCUT2D eigenvalue weighted by Gasteiger charge is -2.25. The predicted octanol–water partition coefficient (Wildman–Crippen LogP) is 3.60. The SMILES string of the molecule is CCc1nncn1CCNC(=NCCC1=CCCCC1)NC1CCCCC1. The van der Waals surface area contributed by atoms with Gasteiger partial charge in [-0.05, 0) is 44.9 Å². The van der Waals surface area contributed by atoms with E-state index < -0.39 is 0 Å². The summed E-state index contributed by atoms with van der Waals surface area (Å²) in [5.41, 5.74) is 1.60. The van der Waals surface area contributed by atoms with E-state index in [2.05, 4.69) is 38.4 Å². The highest BCUT2D eigenvalue weighted by Gasteiger charge is 2.14. The summed E-state index contributed by atoms with van der Waals surface area (Å²) >= 11 is 0. The van der Waals surface area contributed by atoms with Gasteiger partial charge in [0.1, 0.15) is 12.2 Å². The Kier molecular flexibility index (Phi) is 8.18. The van der Waals surface area contributed by atoms with Crippen molar-refractivity contribution in [3.8, 4) is 0 Å². The highest BCUT2D eigenvalue weighted by molar-refractivity contribution is 5.80. The smallest absolute Gasteiger partial charge is 0.191 e. The van der Waals surface area contributed by atoms with Gasteiger partial charge in [-0.3, -0.25) is 4.99 Å². The number of aliphatic imine (C=N–C) groups is 1. The first-order valence-corrected chi connectivity index (χ1v) is 10.9. The average Bonchev–Trinajstić information content (AvgIpc) is 3.17. The topological polar surface area (TPSA) is 67.1 Å². The Labute approximate surface area is 163 Å². The molecular formula is C21H36N6. The van der Waals surface area contributed by atoms with Crippen molar-refractivity contribution < 1.29 is 0 Å². The average molecular weight is 373 g/mol. The van der Waals surface area contributed by atoms with Crippen molar-refractivity contribution in [1.29, 1.82) is 0 Å². The monoisotopic (exact) mass is 372 g/mol. The van der Waals surface area contributed by atoms with Crippen LogP contribution >= 0.6 is 0 Å². The first-order chi connectivity index (χ1) is 13.3. The van der Waals surface area contributed by atoms with Gasteiger partial charge in [-0.15, -0.1) is 10.2 Å². The molecule has 0 unspecified atom stereocenters. The van der Waals surface area contributed by atoms with Crippen LogP contribution in [0.2, 0.25) is 0 Å². The molecule has 0 saturated heterocycles. The Hall–Kier alpha value is -1.85. The van der Waals surface area contributed by atoms with Crippen molar-refractivity contribution in [2.24, 2.45) is 4.99 Å². The molecule has 0 aromatic carbocycles. The summed E-state index contributed by atoms with van der Waals surface area (Å²) in [5, 5.41) is 15.4. The standard InChI is InChI=1S/C21H36N6/c1-2-20-26-24-17-27(20)16-15-23-21(25-19-11-7-4-8-12-19)22-14-13-18-9-5-3-6-10-18/h9,17,19H,2-8,10-16H2,1H3,(H2,22,23,25). The zero-order valence-corrected chi connectivity index (χ0v) is 16.9. The molecule has 3 rings (SSSR count). The number of aryl methyl sites for hydroxylation is 1. The molecule has 1 fully saturated rings. The van der Waals surface area contributed by atoms with Crippen molar-refractivity contribution in [3.05, 3.63) is 23.8 Å². The van der Waals surface area contributed by atoms with Crippen LogP contribution in [-0.2, 0) is 13.0 Å². The molecule has 6 heteroatoms. The van der Waals surface area contributed by atoms with Gasteiger partial charge in [-0.1, -0.05) is 37.8 Å². The number of rotatable bonds is 8. The fourth-order valence-electron chi connectivity index (χ4n) is 4.07. The molecular weight excluding hydrogens is 336 g/mol. The zero-order valence-electron chi connectivity index (χ0n) is 16.9. The van der Waals surface area contributed by atoms with Crippen molar-refractivity contribution in [2.75, 3.05) is 13.1 Å². The molecule has 0 atom stereocenters. The second-order valence-corrected chi connectivity index (χ2v) is 7.79. The van der Waals surface area contributed by atoms with Crippen LogP contribution in [0.15, 0.2) is 23.0 Å². The van der Waals surface area contributed by atoms with E-state index in [9.17, 15) is 0 Å². The summed E-state index contributed by atoms with van der Waals surface area (Å²) in [5.74, 6) is 2.02. The maximum atomic E-state index is 4.89. The molecule has 0 radical (unpaired) electrons. The second kappa shape index (κ2) is 11.1. The van der Waals surface area contributed by atoms with Crippen LogP contribution in [0.3, 0.4) is 0 Å². The van der Waals surface area contributed by atoms with Gasteiger partial charge in [-0.2, -0.15) is 0 Å². The van der Waals surface area contributed by atoms with E-state index in [0.717, 1.165) is 44.3 Å². The quantitative estimate of drug-likeness (QED) is 0.416. The summed E-state index contributed by atoms with van der Waals surface area (Å²) in [4.78, 5) is 4.89. The molecule has 0 bridgehead atoms. The minimum absolute atomic E-state index is 0.569. The largest absolute Gasteiger partial charge is 0.355 e. The maximum absolute atomic E-state index is 4.89. The maximum Gasteiger partial charge on any atom is 0.191 e. The van der Waals surface area contributed by atoms with Gasteiger partial charge in [0, 0.05) is 32.1 Å². The number of aromatic nitrogens is 3. The van der Waals surface area contributed by atoms with Crippen LogP contribution in [0.25, 0.3) is 0 Å². The Morgan fingerprint density at radius 2 is 2.11 bits per heavy atom. The summed E-state index contributed by atoms with van der Waals surface area (Å²) in [6.07, 6.45) is 18.0. The van der Waals surface area contributed by atoms with E-state index in [0.29, 0.717) is 6.04 Å². The van der Waals surface area contributed by atoms with Crippen LogP contribution in [-0.4, -0.2) is 39.9 Å². The fraction of sp³-hybridized carbons (Fsp3) is 0.762. The molecule has 150 valence electrons.